The highest BCUT2D eigenvalue weighted by Gasteiger charge is 2.16. The van der Waals surface area contributed by atoms with Gasteiger partial charge in [-0.3, -0.25) is 9.59 Å². The van der Waals surface area contributed by atoms with E-state index in [2.05, 4.69) is 22.2 Å². The maximum atomic E-state index is 12.3. The highest BCUT2D eigenvalue weighted by Crippen LogP contribution is 2.20. The zero-order chi connectivity index (χ0) is 19.1. The minimum Gasteiger partial charge on any atom is -0.478 e. The fourth-order valence-electron chi connectivity index (χ4n) is 2.19. The van der Waals surface area contributed by atoms with Crippen LogP contribution in [0.5, 0.6) is 0 Å². The van der Waals surface area contributed by atoms with Crippen molar-refractivity contribution in [2.45, 2.75) is 43.5 Å². The van der Waals surface area contributed by atoms with Crippen LogP contribution in [0, 0.1) is 0 Å². The summed E-state index contributed by atoms with van der Waals surface area (Å²) in [6.45, 7) is 3.78. The number of anilines is 1. The number of carbonyl (C=O) groups excluding carboxylic acids is 1. The number of unbranched alkanes of at least 4 members (excludes halogenated alkanes) is 1. The van der Waals surface area contributed by atoms with E-state index in [0.29, 0.717) is 10.8 Å². The predicted molar refractivity (Wildman–Crippen MR) is 101 cm³/mol. The van der Waals surface area contributed by atoms with Crippen LogP contribution in [0.15, 0.2) is 40.3 Å². The van der Waals surface area contributed by atoms with Gasteiger partial charge in [-0.05, 0) is 44.0 Å². The van der Waals surface area contributed by atoms with Crippen molar-refractivity contribution in [2.75, 3.05) is 5.32 Å². The fraction of sp³-hybridized carbons (Fsp3) is 0.333. The molecule has 0 saturated heterocycles. The smallest absolute Gasteiger partial charge is 0.335 e. The number of H-pyrrole nitrogens is 1. The van der Waals surface area contributed by atoms with Gasteiger partial charge in [-0.15, -0.1) is 0 Å². The number of nitrogens with zero attached hydrogens (tertiary/aromatic N) is 1. The van der Waals surface area contributed by atoms with E-state index in [1.165, 1.54) is 42.1 Å². The molecule has 1 aromatic carbocycles. The number of aromatic nitrogens is 2. The van der Waals surface area contributed by atoms with Gasteiger partial charge in [-0.1, -0.05) is 25.1 Å². The molecule has 2 aromatic rings. The molecule has 0 bridgehead atoms. The average Bonchev–Trinajstić information content (AvgIpc) is 2.59. The molecule has 1 aromatic heterocycles. The first-order chi connectivity index (χ1) is 12.4. The van der Waals surface area contributed by atoms with Crippen LogP contribution in [0.2, 0.25) is 0 Å². The number of carboxylic acid groups (broad SMARTS) is 1. The van der Waals surface area contributed by atoms with Gasteiger partial charge in [0, 0.05) is 17.4 Å². The first kappa shape index (κ1) is 19.7. The molecule has 8 heteroatoms. The lowest BCUT2D eigenvalue weighted by atomic mass is 10.2. The third-order valence-corrected chi connectivity index (χ3v) is 4.60. The summed E-state index contributed by atoms with van der Waals surface area (Å²) in [6, 6.07) is 7.39. The summed E-state index contributed by atoms with van der Waals surface area (Å²) in [5.41, 5.74) is 1.14. The molecular formula is C18H21N3O4S. The van der Waals surface area contributed by atoms with Crippen LogP contribution in [0.3, 0.4) is 0 Å². The Morgan fingerprint density at radius 3 is 2.62 bits per heavy atom. The van der Waals surface area contributed by atoms with Crippen molar-refractivity contribution in [3.63, 3.8) is 0 Å². The molecule has 0 aliphatic heterocycles. The number of aromatic carboxylic acids is 1. The van der Waals surface area contributed by atoms with Gasteiger partial charge in [0.2, 0.25) is 5.91 Å². The van der Waals surface area contributed by atoms with Gasteiger partial charge in [0.1, 0.15) is 0 Å². The van der Waals surface area contributed by atoms with Crippen molar-refractivity contribution in [1.29, 1.82) is 0 Å². The number of hydrogen-bond donors (Lipinski definition) is 3. The van der Waals surface area contributed by atoms with Crippen molar-refractivity contribution in [3.8, 4) is 0 Å². The van der Waals surface area contributed by atoms with Crippen molar-refractivity contribution in [3.05, 3.63) is 51.9 Å². The topological polar surface area (TPSA) is 112 Å². The van der Waals surface area contributed by atoms with Gasteiger partial charge in [0.15, 0.2) is 5.16 Å². The molecule has 1 unspecified atom stereocenters. The Morgan fingerprint density at radius 2 is 2.00 bits per heavy atom. The van der Waals surface area contributed by atoms with Crippen molar-refractivity contribution in [1.82, 2.24) is 9.97 Å². The van der Waals surface area contributed by atoms with Crippen LogP contribution >= 0.6 is 11.8 Å². The van der Waals surface area contributed by atoms with Crippen LogP contribution in [-0.4, -0.2) is 32.2 Å². The van der Waals surface area contributed by atoms with E-state index in [1.54, 1.807) is 6.92 Å². The maximum Gasteiger partial charge on any atom is 0.335 e. The Balaban J connectivity index is 2.01. The first-order valence-corrected chi connectivity index (χ1v) is 9.18. The van der Waals surface area contributed by atoms with Crippen LogP contribution in [0.25, 0.3) is 0 Å². The molecule has 0 radical (unpaired) electrons. The van der Waals surface area contributed by atoms with Gasteiger partial charge in [-0.25, -0.2) is 9.78 Å². The molecule has 0 saturated carbocycles. The Kier molecular flexibility index (Phi) is 6.97. The number of carbonyl (C=O) groups is 2. The van der Waals surface area contributed by atoms with Crippen LogP contribution in [0.4, 0.5) is 5.69 Å². The number of nitrogens with one attached hydrogen (secondary N) is 2. The third kappa shape index (κ3) is 5.73. The zero-order valence-electron chi connectivity index (χ0n) is 14.6. The number of amides is 1. The SMILES string of the molecule is CCCCc1cc(=O)[nH]c(SC(C)C(=O)Nc2ccc(C(=O)O)cc2)n1. The van der Waals surface area contributed by atoms with Gasteiger partial charge in [-0.2, -0.15) is 0 Å². The molecule has 0 aliphatic rings. The van der Waals surface area contributed by atoms with Crippen molar-refractivity contribution >= 4 is 29.3 Å². The molecule has 1 atom stereocenters. The second-order valence-corrected chi connectivity index (χ2v) is 7.11. The van der Waals surface area contributed by atoms with E-state index >= 15 is 0 Å². The summed E-state index contributed by atoms with van der Waals surface area (Å²) in [7, 11) is 0. The van der Waals surface area contributed by atoms with Crippen LogP contribution in [0.1, 0.15) is 42.7 Å². The van der Waals surface area contributed by atoms with E-state index < -0.39 is 11.2 Å². The summed E-state index contributed by atoms with van der Waals surface area (Å²) in [4.78, 5) is 41.9. The molecule has 3 N–H and O–H groups in total. The average molecular weight is 375 g/mol. The maximum absolute atomic E-state index is 12.3. The van der Waals surface area contributed by atoms with Crippen molar-refractivity contribution in [2.24, 2.45) is 0 Å². The van der Waals surface area contributed by atoms with E-state index in [4.69, 9.17) is 5.11 Å². The second kappa shape index (κ2) is 9.19. The monoisotopic (exact) mass is 375 g/mol. The molecular weight excluding hydrogens is 354 g/mol. The van der Waals surface area contributed by atoms with Gasteiger partial charge < -0.3 is 15.4 Å². The van der Waals surface area contributed by atoms with Gasteiger partial charge in [0.25, 0.3) is 5.56 Å². The Hall–Kier alpha value is -2.61. The number of aromatic amines is 1. The van der Waals surface area contributed by atoms with Gasteiger partial charge >= 0.3 is 5.97 Å². The lowest BCUT2D eigenvalue weighted by Gasteiger charge is -2.12. The molecule has 26 heavy (non-hydrogen) atoms. The highest BCUT2D eigenvalue weighted by molar-refractivity contribution is 8.00. The molecule has 1 heterocycles. The minimum atomic E-state index is -1.02. The normalized spacial score (nSPS) is 11.8. The van der Waals surface area contributed by atoms with E-state index in [1.807, 2.05) is 0 Å². The van der Waals surface area contributed by atoms with E-state index in [9.17, 15) is 14.4 Å². The quantitative estimate of drug-likeness (QED) is 0.483. The first-order valence-electron chi connectivity index (χ1n) is 8.30. The Labute approximate surface area is 155 Å². The number of aryl methyl sites for hydroxylation is 1. The molecule has 0 aliphatic carbocycles. The lowest BCUT2D eigenvalue weighted by molar-refractivity contribution is -0.115. The largest absolute Gasteiger partial charge is 0.478 e. The summed E-state index contributed by atoms with van der Waals surface area (Å²) < 4.78 is 0. The van der Waals surface area contributed by atoms with Crippen LogP contribution < -0.4 is 10.9 Å². The van der Waals surface area contributed by atoms with E-state index in [-0.39, 0.29) is 17.0 Å². The number of rotatable bonds is 8. The lowest BCUT2D eigenvalue weighted by Crippen LogP contribution is -2.23. The van der Waals surface area contributed by atoms with Crippen LogP contribution in [-0.2, 0) is 11.2 Å². The third-order valence-electron chi connectivity index (χ3n) is 3.62. The second-order valence-electron chi connectivity index (χ2n) is 5.78. The summed E-state index contributed by atoms with van der Waals surface area (Å²) in [5, 5.41) is 11.5. The van der Waals surface area contributed by atoms with Crippen molar-refractivity contribution < 1.29 is 14.7 Å². The Bertz CT molecular complexity index is 833. The molecule has 138 valence electrons. The molecule has 0 fully saturated rings. The number of hydrogen-bond acceptors (Lipinski definition) is 5. The summed E-state index contributed by atoms with van der Waals surface area (Å²) in [6.07, 6.45) is 2.68. The summed E-state index contributed by atoms with van der Waals surface area (Å²) >= 11 is 1.17. The number of benzene rings is 1. The minimum absolute atomic E-state index is 0.149. The predicted octanol–water partition coefficient (Wildman–Crippen LogP) is 2.93. The number of thioether (sulfide) groups is 1. The number of carboxylic acids is 1. The molecule has 7 nitrogen and oxygen atoms in total. The van der Waals surface area contributed by atoms with Gasteiger partial charge in [0.05, 0.1) is 10.8 Å². The van der Waals surface area contributed by atoms with E-state index in [0.717, 1.165) is 25.0 Å². The Morgan fingerprint density at radius 1 is 1.31 bits per heavy atom. The molecule has 2 rings (SSSR count). The fourth-order valence-corrected chi connectivity index (χ4v) is 3.02. The molecule has 1 amide bonds. The zero-order valence-corrected chi connectivity index (χ0v) is 15.4. The highest BCUT2D eigenvalue weighted by atomic mass is 32.2. The summed E-state index contributed by atoms with van der Waals surface area (Å²) in [5.74, 6) is -1.29. The molecule has 0 spiro atoms. The standard InChI is InChI=1S/C18H21N3O4S/c1-3-4-5-14-10-15(22)21-18(20-14)26-11(2)16(23)19-13-8-6-12(7-9-13)17(24)25/h6-11H,3-5H2,1-2H3,(H,19,23)(H,24,25)(H,20,21,22).